The Morgan fingerprint density at radius 2 is 1.78 bits per heavy atom. The molecule has 2 saturated heterocycles. The van der Waals surface area contributed by atoms with E-state index in [1.165, 1.54) is 6.92 Å². The third-order valence-corrected chi connectivity index (χ3v) is 8.61. The molecule has 0 aromatic heterocycles. The van der Waals surface area contributed by atoms with Crippen LogP contribution in [0.5, 0.6) is 0 Å². The highest BCUT2D eigenvalue weighted by molar-refractivity contribution is 5.85. The molecule has 18 nitrogen and oxygen atoms in total. The van der Waals surface area contributed by atoms with Crippen LogP contribution in [0.4, 0.5) is 0 Å². The lowest BCUT2D eigenvalue weighted by Gasteiger charge is -2.49. The molecule has 15 atom stereocenters. The minimum Gasteiger partial charge on any atom is -0.390 e. The molecule has 1 amide bonds. The molecular formula is C27H54N8O10. The van der Waals surface area contributed by atoms with Crippen molar-refractivity contribution in [2.45, 2.75) is 131 Å². The third-order valence-electron chi connectivity index (χ3n) is 8.61. The number of amides is 1. The van der Waals surface area contributed by atoms with Crippen LogP contribution in [0.2, 0.25) is 0 Å². The van der Waals surface area contributed by atoms with Gasteiger partial charge in [-0.05, 0) is 53.1 Å². The summed E-state index contributed by atoms with van der Waals surface area (Å²) in [5.41, 5.74) is 28.4. The number of carbonyl (C=O) groups excluding carboxylic acids is 1. The zero-order valence-electron chi connectivity index (χ0n) is 26.1. The number of likely N-dealkylation sites (N-methyl/N-ethyl adjacent to an activating group) is 1. The van der Waals surface area contributed by atoms with Gasteiger partial charge in [-0.25, -0.2) is 0 Å². The molecule has 0 radical (unpaired) electrons. The van der Waals surface area contributed by atoms with Crippen molar-refractivity contribution < 1.29 is 49.3 Å². The van der Waals surface area contributed by atoms with Gasteiger partial charge in [0.25, 0.3) is 5.91 Å². The molecule has 0 spiro atoms. The van der Waals surface area contributed by atoms with Crippen LogP contribution in [0, 0.1) is 0 Å². The second kappa shape index (κ2) is 16.5. The topological polar surface area (TPSA) is 322 Å². The highest BCUT2D eigenvalue weighted by Gasteiger charge is 2.52. The van der Waals surface area contributed by atoms with E-state index in [0.717, 1.165) is 0 Å². The van der Waals surface area contributed by atoms with Crippen molar-refractivity contribution >= 4 is 11.7 Å². The van der Waals surface area contributed by atoms with Crippen LogP contribution < -0.4 is 39.3 Å². The first kappa shape index (κ1) is 37.8. The number of aliphatic imine (C=N–C) groups is 1. The number of nitrogens with one attached hydrogen (secondary N) is 2. The van der Waals surface area contributed by atoms with Gasteiger partial charge in [0.15, 0.2) is 18.7 Å². The molecule has 3 aliphatic rings. The van der Waals surface area contributed by atoms with E-state index in [4.69, 9.17) is 47.6 Å². The Bertz CT molecular complexity index is 980. The molecule has 2 heterocycles. The molecule has 1 saturated carbocycles. The van der Waals surface area contributed by atoms with Gasteiger partial charge in [-0.15, -0.1) is 0 Å². The van der Waals surface area contributed by atoms with Gasteiger partial charge in [0.1, 0.15) is 35.9 Å². The predicted molar refractivity (Wildman–Crippen MR) is 161 cm³/mol. The van der Waals surface area contributed by atoms with E-state index in [2.05, 4.69) is 15.6 Å². The van der Waals surface area contributed by atoms with Crippen LogP contribution in [0.25, 0.3) is 0 Å². The van der Waals surface area contributed by atoms with E-state index in [1.807, 2.05) is 0 Å². The maximum atomic E-state index is 12.9. The fourth-order valence-corrected chi connectivity index (χ4v) is 5.88. The molecular weight excluding hydrogens is 596 g/mol. The summed E-state index contributed by atoms with van der Waals surface area (Å²) in [6.07, 6.45) is -10.3. The number of nitrogens with zero attached hydrogens (tertiary/aromatic N) is 1. The maximum absolute atomic E-state index is 12.9. The quantitative estimate of drug-likeness (QED) is 0.0652. The van der Waals surface area contributed by atoms with Crippen LogP contribution in [-0.4, -0.2) is 155 Å². The SMILES string of the molecule is CNC1C(O)C(OC2C(NC(=O)C(O)C(O)CCN)CC(N)C(OC3OC(CN=C(N)C(C)N)CCC3N)C2O)OCC1(C)O. The largest absolute Gasteiger partial charge is 0.390 e. The fourth-order valence-electron chi connectivity index (χ4n) is 5.88. The number of hydrogen-bond acceptors (Lipinski definition) is 16. The Morgan fingerprint density at radius 1 is 1.11 bits per heavy atom. The molecule has 2 aliphatic heterocycles. The number of amidine groups is 1. The van der Waals surface area contributed by atoms with Crippen LogP contribution in [-0.2, 0) is 23.7 Å². The van der Waals surface area contributed by atoms with Crippen molar-refractivity contribution in [2.75, 3.05) is 26.7 Å². The van der Waals surface area contributed by atoms with Crippen molar-refractivity contribution in [1.82, 2.24) is 10.6 Å². The van der Waals surface area contributed by atoms with E-state index >= 15 is 0 Å². The first-order chi connectivity index (χ1) is 21.1. The molecule has 0 aromatic carbocycles. The lowest BCUT2D eigenvalue weighted by Crippen LogP contribution is -2.69. The highest BCUT2D eigenvalue weighted by Crippen LogP contribution is 2.32. The number of ether oxygens (including phenoxy) is 4. The lowest BCUT2D eigenvalue weighted by molar-refractivity contribution is -0.307. The number of rotatable bonds is 13. The van der Waals surface area contributed by atoms with Gasteiger partial charge in [-0.2, -0.15) is 0 Å². The molecule has 18 heteroatoms. The van der Waals surface area contributed by atoms with Crippen molar-refractivity contribution in [2.24, 2.45) is 33.7 Å². The predicted octanol–water partition coefficient (Wildman–Crippen LogP) is -6.00. The summed E-state index contributed by atoms with van der Waals surface area (Å²) in [7, 11) is 1.55. The monoisotopic (exact) mass is 650 g/mol. The standard InChI is InChI=1S/C27H54N8O10/c1-11(29)23(32)34-9-12-4-5-13(30)25(43-12)44-20-14(31)8-15(35-24(40)17(37)16(36)6-7-28)21(18(20)38)45-26-19(39)22(33-3)27(2,41)10-42-26/h11-22,25-26,33,36-39,41H,4-10,28-31H2,1-3H3,(H2,32,34)(H,35,40). The molecule has 262 valence electrons. The van der Waals surface area contributed by atoms with Gasteiger partial charge < -0.3 is 83.8 Å². The first-order valence-corrected chi connectivity index (χ1v) is 15.4. The number of hydrogen-bond donors (Lipinski definition) is 12. The number of nitrogens with two attached hydrogens (primary N) is 5. The number of aliphatic hydroxyl groups excluding tert-OH is 4. The van der Waals surface area contributed by atoms with E-state index < -0.39 is 90.9 Å². The molecule has 45 heavy (non-hydrogen) atoms. The van der Waals surface area contributed by atoms with Crippen LogP contribution >= 0.6 is 0 Å². The summed E-state index contributed by atoms with van der Waals surface area (Å²) in [6, 6.07) is -3.76. The summed E-state index contributed by atoms with van der Waals surface area (Å²) in [6.45, 7) is 3.25. The highest BCUT2D eigenvalue weighted by atomic mass is 16.7. The fraction of sp³-hybridized carbons (Fsp3) is 0.926. The molecule has 1 aliphatic carbocycles. The third kappa shape index (κ3) is 9.48. The van der Waals surface area contributed by atoms with Gasteiger partial charge in [0, 0.05) is 6.04 Å². The molecule has 15 unspecified atom stereocenters. The Balaban J connectivity index is 1.81. The van der Waals surface area contributed by atoms with Crippen molar-refractivity contribution in [3.63, 3.8) is 0 Å². The van der Waals surface area contributed by atoms with Gasteiger partial charge >= 0.3 is 0 Å². The number of aliphatic hydroxyl groups is 5. The van der Waals surface area contributed by atoms with Gasteiger partial charge in [0.05, 0.1) is 49.5 Å². The number of carbonyl (C=O) groups is 1. The molecule has 3 fully saturated rings. The Morgan fingerprint density at radius 3 is 2.40 bits per heavy atom. The van der Waals surface area contributed by atoms with Crippen LogP contribution in [0.3, 0.4) is 0 Å². The first-order valence-electron chi connectivity index (χ1n) is 15.4. The van der Waals surface area contributed by atoms with E-state index in [-0.39, 0.29) is 44.5 Å². The molecule has 17 N–H and O–H groups in total. The van der Waals surface area contributed by atoms with Gasteiger partial charge in [0.2, 0.25) is 0 Å². The zero-order chi connectivity index (χ0) is 33.6. The zero-order valence-corrected chi connectivity index (χ0v) is 26.1. The summed E-state index contributed by atoms with van der Waals surface area (Å²) in [5, 5.41) is 59.2. The summed E-state index contributed by atoms with van der Waals surface area (Å²) >= 11 is 0. The van der Waals surface area contributed by atoms with E-state index in [9.17, 15) is 30.3 Å². The molecule has 0 aromatic rings. The second-order valence-electron chi connectivity index (χ2n) is 12.5. The van der Waals surface area contributed by atoms with Crippen molar-refractivity contribution in [3.05, 3.63) is 0 Å². The average molecular weight is 651 g/mol. The smallest absolute Gasteiger partial charge is 0.251 e. The maximum Gasteiger partial charge on any atom is 0.251 e. The molecule has 3 rings (SSSR count). The van der Waals surface area contributed by atoms with E-state index in [1.54, 1.807) is 14.0 Å². The Kier molecular flexibility index (Phi) is 13.8. The minimum atomic E-state index is -1.82. The van der Waals surface area contributed by atoms with Gasteiger partial charge in [-0.1, -0.05) is 0 Å². The van der Waals surface area contributed by atoms with Crippen LogP contribution in [0.1, 0.15) is 39.5 Å². The molecule has 0 bridgehead atoms. The van der Waals surface area contributed by atoms with Crippen molar-refractivity contribution in [3.8, 4) is 0 Å². The second-order valence-corrected chi connectivity index (χ2v) is 12.5. The van der Waals surface area contributed by atoms with Crippen molar-refractivity contribution in [1.29, 1.82) is 0 Å². The summed E-state index contributed by atoms with van der Waals surface area (Å²) in [5.74, 6) is -0.667. The lowest BCUT2D eigenvalue weighted by atomic mass is 9.83. The van der Waals surface area contributed by atoms with E-state index in [0.29, 0.717) is 12.8 Å². The minimum absolute atomic E-state index is 0.0194. The Labute approximate surface area is 262 Å². The normalized spacial score (nSPS) is 41.7. The Hall–Kier alpha value is -1.62. The summed E-state index contributed by atoms with van der Waals surface area (Å²) in [4.78, 5) is 17.2. The van der Waals surface area contributed by atoms with Crippen LogP contribution in [0.15, 0.2) is 4.99 Å². The average Bonchev–Trinajstić information content (AvgIpc) is 2.97. The van der Waals surface area contributed by atoms with Gasteiger partial charge in [-0.3, -0.25) is 9.79 Å². The summed E-state index contributed by atoms with van der Waals surface area (Å²) < 4.78 is 23.9.